The lowest BCUT2D eigenvalue weighted by Crippen LogP contribution is -2.11. The molecular formula is C21H21Cl2N3O3S. The van der Waals surface area contributed by atoms with Crippen LogP contribution in [0, 0.1) is 0 Å². The number of aliphatic carboxylic acids is 1. The average Bonchev–Trinajstić information content (AvgIpc) is 3.09. The molecule has 0 saturated heterocycles. The van der Waals surface area contributed by atoms with E-state index >= 15 is 0 Å². The van der Waals surface area contributed by atoms with E-state index in [9.17, 15) is 4.79 Å². The van der Waals surface area contributed by atoms with Gasteiger partial charge < -0.3 is 15.2 Å². The molecule has 0 fully saturated rings. The van der Waals surface area contributed by atoms with E-state index in [1.807, 2.05) is 12.1 Å². The number of nitrogens with one attached hydrogen (secondary N) is 1. The lowest BCUT2D eigenvalue weighted by Gasteiger charge is -2.14. The highest BCUT2D eigenvalue weighted by molar-refractivity contribution is 7.19. The highest BCUT2D eigenvalue weighted by Gasteiger charge is 2.21. The van der Waals surface area contributed by atoms with E-state index in [0.29, 0.717) is 28.8 Å². The summed E-state index contributed by atoms with van der Waals surface area (Å²) in [5, 5.41) is 14.5. The number of halogens is 2. The Balaban J connectivity index is 1.62. The summed E-state index contributed by atoms with van der Waals surface area (Å²) < 4.78 is 5.16. The molecule has 0 bridgehead atoms. The molecule has 0 saturated carbocycles. The average molecular weight is 466 g/mol. The van der Waals surface area contributed by atoms with Gasteiger partial charge in [0.05, 0.1) is 12.0 Å². The van der Waals surface area contributed by atoms with Crippen LogP contribution in [0.1, 0.15) is 34.7 Å². The minimum absolute atomic E-state index is 0.255. The van der Waals surface area contributed by atoms with Gasteiger partial charge in [-0.3, -0.25) is 0 Å². The lowest BCUT2D eigenvalue weighted by molar-refractivity contribution is -0.142. The molecule has 9 heteroatoms. The number of hydrogen-bond acceptors (Lipinski definition) is 6. The van der Waals surface area contributed by atoms with Gasteiger partial charge >= 0.3 is 5.97 Å². The first-order valence-corrected chi connectivity index (χ1v) is 11.4. The third-order valence-electron chi connectivity index (χ3n) is 5.02. The summed E-state index contributed by atoms with van der Waals surface area (Å²) in [6, 6.07) is 5.45. The van der Waals surface area contributed by atoms with E-state index < -0.39 is 5.97 Å². The Morgan fingerprint density at radius 1 is 1.23 bits per heavy atom. The summed E-state index contributed by atoms with van der Waals surface area (Å²) in [5.74, 6) is 0.439. The normalized spacial score (nSPS) is 13.4. The van der Waals surface area contributed by atoms with Crippen LogP contribution in [-0.2, 0) is 35.3 Å². The number of aryl methyl sites for hydroxylation is 2. The van der Waals surface area contributed by atoms with Gasteiger partial charge in [0, 0.05) is 27.9 Å². The van der Waals surface area contributed by atoms with Crippen LogP contribution in [0.2, 0.25) is 10.0 Å². The summed E-state index contributed by atoms with van der Waals surface area (Å²) in [7, 11) is 0. The van der Waals surface area contributed by atoms with Gasteiger partial charge in [-0.2, -0.15) is 0 Å². The van der Waals surface area contributed by atoms with Crippen LogP contribution in [-0.4, -0.2) is 34.3 Å². The minimum Gasteiger partial charge on any atom is -0.480 e. The van der Waals surface area contributed by atoms with Gasteiger partial charge in [-0.05, 0) is 48.9 Å². The Morgan fingerprint density at radius 2 is 2.07 bits per heavy atom. The van der Waals surface area contributed by atoms with Crippen molar-refractivity contribution < 1.29 is 14.6 Å². The second-order valence-electron chi connectivity index (χ2n) is 7.17. The number of hydrogen-bond donors (Lipinski definition) is 2. The van der Waals surface area contributed by atoms with Crippen LogP contribution in [0.4, 0.5) is 5.82 Å². The molecule has 2 N–H and O–H groups in total. The standard InChI is InChI=1S/C21H21Cl2N3O3S/c22-13-6-5-12(15(23)9-13)10-24-20-19-14-3-1-2-4-16(14)30-21(19)26-17(25-20)7-8-29-11-18(27)28/h5-6,9H,1-4,7-8,10-11H2,(H,27,28)(H,24,25,26). The van der Waals surface area contributed by atoms with Crippen LogP contribution in [0.5, 0.6) is 0 Å². The quantitative estimate of drug-likeness (QED) is 0.448. The number of nitrogens with zero attached hydrogens (tertiary/aromatic N) is 2. The number of ether oxygens (including phenoxy) is 1. The first-order chi connectivity index (χ1) is 14.5. The molecule has 3 aromatic rings. The number of rotatable bonds is 8. The van der Waals surface area contributed by atoms with E-state index in [4.69, 9.17) is 43.0 Å². The molecule has 158 valence electrons. The van der Waals surface area contributed by atoms with Crippen LogP contribution in [0.15, 0.2) is 18.2 Å². The molecule has 4 rings (SSSR count). The molecule has 0 unspecified atom stereocenters. The molecule has 1 aliphatic carbocycles. The van der Waals surface area contributed by atoms with E-state index in [1.165, 1.54) is 23.3 Å². The number of carboxylic acid groups (broad SMARTS) is 1. The Kier molecular flexibility index (Phi) is 6.73. The van der Waals surface area contributed by atoms with Crippen molar-refractivity contribution in [3.8, 4) is 0 Å². The van der Waals surface area contributed by atoms with Crippen LogP contribution in [0.3, 0.4) is 0 Å². The second-order valence-corrected chi connectivity index (χ2v) is 9.09. The molecular weight excluding hydrogens is 445 g/mol. The van der Waals surface area contributed by atoms with Gasteiger partial charge in [-0.25, -0.2) is 14.8 Å². The largest absolute Gasteiger partial charge is 0.480 e. The lowest BCUT2D eigenvalue weighted by atomic mass is 9.97. The summed E-state index contributed by atoms with van der Waals surface area (Å²) in [5.41, 5.74) is 2.28. The second kappa shape index (κ2) is 9.47. The highest BCUT2D eigenvalue weighted by Crippen LogP contribution is 2.39. The molecule has 30 heavy (non-hydrogen) atoms. The van der Waals surface area contributed by atoms with Gasteiger partial charge in [-0.15, -0.1) is 11.3 Å². The smallest absolute Gasteiger partial charge is 0.329 e. The molecule has 6 nitrogen and oxygen atoms in total. The van der Waals surface area contributed by atoms with E-state index in [-0.39, 0.29) is 13.2 Å². The third kappa shape index (κ3) is 4.86. The topological polar surface area (TPSA) is 84.3 Å². The molecule has 2 heterocycles. The zero-order valence-corrected chi connectivity index (χ0v) is 18.5. The van der Waals surface area contributed by atoms with Crippen molar-refractivity contribution in [3.63, 3.8) is 0 Å². The van der Waals surface area contributed by atoms with E-state index in [2.05, 4.69) is 5.32 Å². The maximum atomic E-state index is 10.6. The molecule has 0 atom stereocenters. The molecule has 0 spiro atoms. The Labute approximate surface area is 188 Å². The molecule has 1 aromatic carbocycles. The van der Waals surface area contributed by atoms with Gasteiger partial charge in [0.25, 0.3) is 0 Å². The zero-order chi connectivity index (χ0) is 21.1. The van der Waals surface area contributed by atoms with Gasteiger partial charge in [0.2, 0.25) is 0 Å². The van der Waals surface area contributed by atoms with Crippen molar-refractivity contribution in [3.05, 3.63) is 50.1 Å². The molecule has 0 radical (unpaired) electrons. The van der Waals surface area contributed by atoms with Gasteiger partial charge in [0.1, 0.15) is 23.1 Å². The number of fused-ring (bicyclic) bond motifs is 3. The summed E-state index contributed by atoms with van der Waals surface area (Å²) in [4.78, 5) is 22.5. The summed E-state index contributed by atoms with van der Waals surface area (Å²) in [6.45, 7) is 0.447. The van der Waals surface area contributed by atoms with Crippen LogP contribution in [0.25, 0.3) is 10.2 Å². The van der Waals surface area contributed by atoms with E-state index in [1.54, 1.807) is 17.4 Å². The van der Waals surface area contributed by atoms with Crippen molar-refractivity contribution in [1.29, 1.82) is 0 Å². The van der Waals surface area contributed by atoms with Crippen molar-refractivity contribution >= 4 is 56.5 Å². The summed E-state index contributed by atoms with van der Waals surface area (Å²) in [6.07, 6.45) is 4.94. The number of carboxylic acids is 1. The van der Waals surface area contributed by atoms with Crippen molar-refractivity contribution in [1.82, 2.24) is 9.97 Å². The fraction of sp³-hybridized carbons (Fsp3) is 0.381. The molecule has 0 aliphatic heterocycles. The Morgan fingerprint density at radius 3 is 2.87 bits per heavy atom. The fourth-order valence-corrected chi connectivity index (χ4v) is 5.36. The predicted octanol–water partition coefficient (Wildman–Crippen LogP) is 5.13. The minimum atomic E-state index is -0.987. The number of aromatic nitrogens is 2. The Bertz CT molecular complexity index is 1090. The monoisotopic (exact) mass is 465 g/mol. The van der Waals surface area contributed by atoms with Gasteiger partial charge in [-0.1, -0.05) is 29.3 Å². The van der Waals surface area contributed by atoms with Crippen LogP contribution < -0.4 is 5.32 Å². The summed E-state index contributed by atoms with van der Waals surface area (Å²) >= 11 is 14.1. The number of carbonyl (C=O) groups is 1. The van der Waals surface area contributed by atoms with Crippen LogP contribution >= 0.6 is 34.5 Å². The first-order valence-electron chi connectivity index (χ1n) is 9.80. The number of anilines is 1. The third-order valence-corrected chi connectivity index (χ3v) is 6.79. The number of thiophene rings is 1. The maximum Gasteiger partial charge on any atom is 0.329 e. The number of benzene rings is 1. The Hall–Kier alpha value is -1.93. The van der Waals surface area contributed by atoms with Crippen molar-refractivity contribution in [2.75, 3.05) is 18.5 Å². The SMILES string of the molecule is O=C(O)COCCc1nc(NCc2ccc(Cl)cc2Cl)c2c3c(sc2n1)CCCC3. The highest BCUT2D eigenvalue weighted by atomic mass is 35.5. The van der Waals surface area contributed by atoms with E-state index in [0.717, 1.165) is 34.4 Å². The zero-order valence-electron chi connectivity index (χ0n) is 16.2. The van der Waals surface area contributed by atoms with Gasteiger partial charge in [0.15, 0.2) is 0 Å². The fourth-order valence-electron chi connectivity index (χ4n) is 3.61. The maximum absolute atomic E-state index is 10.6. The molecule has 1 aliphatic rings. The predicted molar refractivity (Wildman–Crippen MR) is 120 cm³/mol. The van der Waals surface area contributed by atoms with Crippen molar-refractivity contribution in [2.45, 2.75) is 38.6 Å². The molecule has 0 amide bonds. The first kappa shape index (κ1) is 21.3. The van der Waals surface area contributed by atoms with Crippen molar-refractivity contribution in [2.24, 2.45) is 0 Å². The molecule has 2 aromatic heterocycles.